The van der Waals surface area contributed by atoms with E-state index in [-0.39, 0.29) is 12.0 Å². The summed E-state index contributed by atoms with van der Waals surface area (Å²) in [6.07, 6.45) is 1.95. The van der Waals surface area contributed by atoms with Crippen LogP contribution in [0, 0.1) is 11.6 Å². The molecule has 96 valence electrons. The predicted molar refractivity (Wildman–Crippen MR) is 67.0 cm³/mol. The van der Waals surface area contributed by atoms with Crippen LogP contribution in [0.4, 0.5) is 8.78 Å². The van der Waals surface area contributed by atoms with E-state index in [9.17, 15) is 8.78 Å². The normalized spacial score (nSPS) is 24.8. The fourth-order valence-electron chi connectivity index (χ4n) is 2.80. The molecule has 2 nitrogen and oxygen atoms in total. The van der Waals surface area contributed by atoms with Gasteiger partial charge < -0.3 is 4.90 Å². The summed E-state index contributed by atoms with van der Waals surface area (Å²) in [6.45, 7) is 2.78. The number of halogens is 2. The SMILES string of the molecule is CCN(C)C1=NC2CCC2c2c(F)cc(F)cc21. The lowest BCUT2D eigenvalue weighted by atomic mass is 9.71. The lowest BCUT2D eigenvalue weighted by molar-refractivity contribution is 0.326. The maximum absolute atomic E-state index is 14.0. The summed E-state index contributed by atoms with van der Waals surface area (Å²) in [6, 6.07) is 2.59. The molecule has 0 saturated heterocycles. The number of fused-ring (bicyclic) bond motifs is 3. The molecule has 0 aromatic heterocycles. The maximum Gasteiger partial charge on any atom is 0.131 e. The molecule has 1 saturated carbocycles. The Bertz CT molecular complexity index is 525. The van der Waals surface area contributed by atoms with Crippen LogP contribution in [0.5, 0.6) is 0 Å². The number of hydrogen-bond donors (Lipinski definition) is 0. The van der Waals surface area contributed by atoms with Crippen molar-refractivity contribution in [1.82, 2.24) is 4.90 Å². The molecule has 0 spiro atoms. The molecule has 3 rings (SSSR count). The zero-order valence-corrected chi connectivity index (χ0v) is 10.6. The predicted octanol–water partition coefficient (Wildman–Crippen LogP) is 2.92. The molecule has 1 heterocycles. The van der Waals surface area contributed by atoms with Gasteiger partial charge in [0.15, 0.2) is 0 Å². The zero-order chi connectivity index (χ0) is 12.9. The van der Waals surface area contributed by atoms with Crippen molar-refractivity contribution in [3.8, 4) is 0 Å². The van der Waals surface area contributed by atoms with Gasteiger partial charge in [-0.3, -0.25) is 4.99 Å². The van der Waals surface area contributed by atoms with Crippen molar-refractivity contribution in [2.75, 3.05) is 13.6 Å². The maximum atomic E-state index is 14.0. The van der Waals surface area contributed by atoms with Crippen molar-refractivity contribution >= 4 is 5.84 Å². The molecule has 0 N–H and O–H groups in total. The van der Waals surface area contributed by atoms with Crippen molar-refractivity contribution in [3.05, 3.63) is 34.9 Å². The molecule has 2 atom stereocenters. The highest BCUT2D eigenvalue weighted by molar-refractivity contribution is 6.01. The Morgan fingerprint density at radius 2 is 2.11 bits per heavy atom. The first kappa shape index (κ1) is 11.6. The van der Waals surface area contributed by atoms with Crippen LogP contribution < -0.4 is 0 Å². The van der Waals surface area contributed by atoms with Crippen LogP contribution >= 0.6 is 0 Å². The van der Waals surface area contributed by atoms with Gasteiger partial charge in [-0.25, -0.2) is 8.78 Å². The van der Waals surface area contributed by atoms with Crippen LogP contribution in [-0.4, -0.2) is 30.4 Å². The first-order valence-electron chi connectivity index (χ1n) is 6.40. The first-order chi connectivity index (χ1) is 8.61. The number of rotatable bonds is 1. The number of hydrogen-bond acceptors (Lipinski definition) is 2. The van der Waals surface area contributed by atoms with E-state index in [1.165, 1.54) is 6.07 Å². The third kappa shape index (κ3) is 1.55. The highest BCUT2D eigenvalue weighted by atomic mass is 19.1. The number of aliphatic imine (C=N–C) groups is 1. The topological polar surface area (TPSA) is 15.6 Å². The first-order valence-corrected chi connectivity index (χ1v) is 6.40. The number of benzene rings is 1. The summed E-state index contributed by atoms with van der Waals surface area (Å²) in [7, 11) is 1.91. The lowest BCUT2D eigenvalue weighted by Crippen LogP contribution is -2.40. The molecule has 0 amide bonds. The monoisotopic (exact) mass is 250 g/mol. The molecule has 4 heteroatoms. The van der Waals surface area contributed by atoms with Gasteiger partial charge in [-0.1, -0.05) is 0 Å². The standard InChI is InChI=1S/C14H16F2N2/c1-3-18(2)14-10-6-8(15)7-11(16)13(10)9-4-5-12(9)17-14/h6-7,9,12H,3-5H2,1-2H3. The van der Waals surface area contributed by atoms with Crippen LogP contribution in [0.3, 0.4) is 0 Å². The quantitative estimate of drug-likeness (QED) is 0.748. The summed E-state index contributed by atoms with van der Waals surface area (Å²) < 4.78 is 27.4. The fraction of sp³-hybridized carbons (Fsp3) is 0.500. The summed E-state index contributed by atoms with van der Waals surface area (Å²) >= 11 is 0. The Morgan fingerprint density at radius 3 is 2.72 bits per heavy atom. The van der Waals surface area contributed by atoms with Crippen molar-refractivity contribution < 1.29 is 8.78 Å². The molecular weight excluding hydrogens is 234 g/mol. The molecular formula is C14H16F2N2. The molecule has 2 aliphatic rings. The Labute approximate surface area is 105 Å². The minimum Gasteiger partial charge on any atom is -0.360 e. The van der Waals surface area contributed by atoms with Crippen molar-refractivity contribution in [2.24, 2.45) is 4.99 Å². The third-order valence-electron chi connectivity index (χ3n) is 4.07. The van der Waals surface area contributed by atoms with Crippen LogP contribution in [0.2, 0.25) is 0 Å². The molecule has 0 radical (unpaired) electrons. The molecule has 0 bridgehead atoms. The largest absolute Gasteiger partial charge is 0.360 e. The number of nitrogens with zero attached hydrogens (tertiary/aromatic N) is 2. The third-order valence-corrected chi connectivity index (χ3v) is 4.07. The molecule has 1 aliphatic carbocycles. The van der Waals surface area contributed by atoms with Gasteiger partial charge in [0.2, 0.25) is 0 Å². The van der Waals surface area contributed by atoms with Gasteiger partial charge in [0, 0.05) is 36.7 Å². The lowest BCUT2D eigenvalue weighted by Gasteiger charge is -2.41. The van der Waals surface area contributed by atoms with Gasteiger partial charge in [-0.15, -0.1) is 0 Å². The van der Waals surface area contributed by atoms with Crippen LogP contribution in [-0.2, 0) is 0 Å². The highest BCUT2D eigenvalue weighted by Crippen LogP contribution is 2.45. The van der Waals surface area contributed by atoms with Crippen LogP contribution in [0.25, 0.3) is 0 Å². The smallest absolute Gasteiger partial charge is 0.131 e. The van der Waals surface area contributed by atoms with Gasteiger partial charge in [0.25, 0.3) is 0 Å². The second-order valence-electron chi connectivity index (χ2n) is 5.07. The van der Waals surface area contributed by atoms with Gasteiger partial charge in [-0.05, 0) is 25.8 Å². The summed E-state index contributed by atoms with van der Waals surface area (Å²) in [4.78, 5) is 6.60. The van der Waals surface area contributed by atoms with E-state index in [0.717, 1.165) is 31.3 Å². The second-order valence-corrected chi connectivity index (χ2v) is 5.07. The van der Waals surface area contributed by atoms with E-state index in [0.29, 0.717) is 11.1 Å². The van der Waals surface area contributed by atoms with Gasteiger partial charge in [0.05, 0.1) is 6.04 Å². The van der Waals surface area contributed by atoms with Gasteiger partial charge >= 0.3 is 0 Å². The molecule has 1 aromatic rings. The van der Waals surface area contributed by atoms with Crippen molar-refractivity contribution in [3.63, 3.8) is 0 Å². The van der Waals surface area contributed by atoms with E-state index in [1.807, 2.05) is 18.9 Å². The van der Waals surface area contributed by atoms with E-state index in [1.54, 1.807) is 0 Å². The second kappa shape index (κ2) is 4.04. The highest BCUT2D eigenvalue weighted by Gasteiger charge is 2.40. The minimum atomic E-state index is -0.527. The van der Waals surface area contributed by atoms with Gasteiger partial charge in [0.1, 0.15) is 17.5 Å². The molecule has 18 heavy (non-hydrogen) atoms. The Hall–Kier alpha value is -1.45. The zero-order valence-electron chi connectivity index (χ0n) is 10.6. The molecule has 1 fully saturated rings. The fourth-order valence-corrected chi connectivity index (χ4v) is 2.80. The van der Waals surface area contributed by atoms with E-state index < -0.39 is 11.6 Å². The van der Waals surface area contributed by atoms with Crippen molar-refractivity contribution in [2.45, 2.75) is 31.7 Å². The van der Waals surface area contributed by atoms with Crippen molar-refractivity contribution in [1.29, 1.82) is 0 Å². The Balaban J connectivity index is 2.17. The van der Waals surface area contributed by atoms with Crippen LogP contribution in [0.1, 0.15) is 36.8 Å². The molecule has 1 aromatic carbocycles. The summed E-state index contributed by atoms with van der Waals surface area (Å²) in [5.41, 5.74) is 1.30. The van der Waals surface area contributed by atoms with Crippen LogP contribution in [0.15, 0.2) is 17.1 Å². The van der Waals surface area contributed by atoms with E-state index in [4.69, 9.17) is 0 Å². The van der Waals surface area contributed by atoms with E-state index in [2.05, 4.69) is 4.99 Å². The summed E-state index contributed by atoms with van der Waals surface area (Å²) in [5, 5.41) is 0. The molecule has 2 unspecified atom stereocenters. The van der Waals surface area contributed by atoms with Gasteiger partial charge in [-0.2, -0.15) is 0 Å². The number of amidine groups is 1. The average Bonchev–Trinajstić information content (AvgIpc) is 2.30. The Morgan fingerprint density at radius 1 is 1.33 bits per heavy atom. The average molecular weight is 250 g/mol. The van der Waals surface area contributed by atoms with E-state index >= 15 is 0 Å². The Kier molecular flexibility index (Phi) is 2.61. The minimum absolute atomic E-state index is 0.148. The molecule has 1 aliphatic heterocycles. The summed E-state index contributed by atoms with van der Waals surface area (Å²) in [5.74, 6) is -0.0701.